The van der Waals surface area contributed by atoms with E-state index in [1.165, 1.54) is 10.5 Å². The van der Waals surface area contributed by atoms with Crippen LogP contribution in [0.1, 0.15) is 17.0 Å². The van der Waals surface area contributed by atoms with Crippen molar-refractivity contribution < 1.29 is 9.84 Å². The summed E-state index contributed by atoms with van der Waals surface area (Å²) in [5.74, 6) is 2.03. The molecule has 20 heavy (non-hydrogen) atoms. The molecular formula is C17H18O2S. The molecule has 2 aromatic rings. The number of rotatable bonds is 4. The maximum Gasteiger partial charge on any atom is 0.119 e. The minimum absolute atomic E-state index is 0.224. The Morgan fingerprint density at radius 1 is 1.25 bits per heavy atom. The summed E-state index contributed by atoms with van der Waals surface area (Å²) in [7, 11) is 1.67. The van der Waals surface area contributed by atoms with Gasteiger partial charge in [0.05, 0.1) is 13.2 Å². The van der Waals surface area contributed by atoms with Crippen molar-refractivity contribution in [3.05, 3.63) is 59.7 Å². The summed E-state index contributed by atoms with van der Waals surface area (Å²) >= 11 is 1.84. The van der Waals surface area contributed by atoms with Gasteiger partial charge in [-0.15, -0.1) is 11.8 Å². The summed E-state index contributed by atoms with van der Waals surface area (Å²) in [5.41, 5.74) is 2.40. The minimum Gasteiger partial charge on any atom is -0.497 e. The molecule has 0 saturated carbocycles. The lowest BCUT2D eigenvalue weighted by molar-refractivity contribution is 0.151. The van der Waals surface area contributed by atoms with E-state index in [0.717, 1.165) is 17.1 Å². The van der Waals surface area contributed by atoms with Crippen LogP contribution in [0.25, 0.3) is 0 Å². The van der Waals surface area contributed by atoms with Crippen molar-refractivity contribution in [3.63, 3.8) is 0 Å². The van der Waals surface area contributed by atoms with Crippen LogP contribution in [0.15, 0.2) is 53.4 Å². The van der Waals surface area contributed by atoms with Gasteiger partial charge in [0, 0.05) is 16.6 Å². The molecule has 1 N–H and O–H groups in total. The first-order chi connectivity index (χ1) is 9.78. The molecule has 0 amide bonds. The fraction of sp³-hybridized carbons (Fsp3) is 0.294. The molecule has 0 bridgehead atoms. The first kappa shape index (κ1) is 13.5. The van der Waals surface area contributed by atoms with Gasteiger partial charge >= 0.3 is 0 Å². The predicted octanol–water partition coefficient (Wildman–Crippen LogP) is 3.49. The molecule has 1 aliphatic heterocycles. The molecule has 0 spiro atoms. The van der Waals surface area contributed by atoms with E-state index < -0.39 is 0 Å². The van der Waals surface area contributed by atoms with Crippen LogP contribution in [0.2, 0.25) is 0 Å². The lowest BCUT2D eigenvalue weighted by Crippen LogP contribution is -2.21. The highest BCUT2D eigenvalue weighted by atomic mass is 32.2. The highest BCUT2D eigenvalue weighted by Gasteiger charge is 2.28. The second kappa shape index (κ2) is 5.90. The van der Waals surface area contributed by atoms with Crippen molar-refractivity contribution in [2.24, 2.45) is 0 Å². The van der Waals surface area contributed by atoms with Gasteiger partial charge in [-0.25, -0.2) is 0 Å². The second-order valence-corrected chi connectivity index (χ2v) is 6.14. The molecular weight excluding hydrogens is 268 g/mol. The monoisotopic (exact) mass is 286 g/mol. The topological polar surface area (TPSA) is 29.5 Å². The summed E-state index contributed by atoms with van der Waals surface area (Å²) < 4.78 is 5.23. The maximum atomic E-state index is 10.6. The second-order valence-electron chi connectivity index (χ2n) is 5.08. The van der Waals surface area contributed by atoms with E-state index in [4.69, 9.17) is 4.74 Å². The lowest BCUT2D eigenvalue weighted by atomic mass is 9.91. The highest BCUT2D eigenvalue weighted by Crippen LogP contribution is 2.41. The summed E-state index contributed by atoms with van der Waals surface area (Å²) in [5, 5.41) is 10.6. The smallest absolute Gasteiger partial charge is 0.119 e. The van der Waals surface area contributed by atoms with Crippen LogP contribution in [0.4, 0.5) is 0 Å². The van der Waals surface area contributed by atoms with Crippen LogP contribution >= 0.6 is 11.8 Å². The van der Waals surface area contributed by atoms with Gasteiger partial charge < -0.3 is 9.84 Å². The molecule has 0 aliphatic carbocycles. The van der Waals surface area contributed by atoms with Crippen LogP contribution in [0.3, 0.4) is 0 Å². The van der Waals surface area contributed by atoms with Gasteiger partial charge in [-0.3, -0.25) is 0 Å². The van der Waals surface area contributed by atoms with Gasteiger partial charge in [0.1, 0.15) is 5.75 Å². The van der Waals surface area contributed by atoms with E-state index in [9.17, 15) is 5.11 Å². The predicted molar refractivity (Wildman–Crippen MR) is 82.6 cm³/mol. The average molecular weight is 286 g/mol. The molecule has 2 aromatic carbocycles. The Morgan fingerprint density at radius 3 is 2.95 bits per heavy atom. The maximum absolute atomic E-state index is 10.6. The van der Waals surface area contributed by atoms with Crippen molar-refractivity contribution in [2.45, 2.75) is 23.3 Å². The molecule has 2 nitrogen and oxygen atoms in total. The van der Waals surface area contributed by atoms with Crippen LogP contribution in [-0.2, 0) is 6.42 Å². The highest BCUT2D eigenvalue weighted by molar-refractivity contribution is 7.99. The van der Waals surface area contributed by atoms with E-state index >= 15 is 0 Å². The van der Waals surface area contributed by atoms with E-state index in [2.05, 4.69) is 24.3 Å². The Balaban J connectivity index is 1.75. The first-order valence-corrected chi connectivity index (χ1v) is 7.79. The number of aliphatic hydroxyl groups excluding tert-OH is 1. The minimum atomic E-state index is -0.349. The SMILES string of the molecule is COc1cccc(CC(O)C2CSc3ccccc32)c1. The Kier molecular flexibility index (Phi) is 3.99. The molecule has 0 saturated heterocycles. The lowest BCUT2D eigenvalue weighted by Gasteiger charge is -2.19. The molecule has 1 aliphatic rings. The first-order valence-electron chi connectivity index (χ1n) is 6.80. The molecule has 1 heterocycles. The van der Waals surface area contributed by atoms with Gasteiger partial charge in [0.15, 0.2) is 0 Å². The summed E-state index contributed by atoms with van der Waals surface area (Å²) in [6, 6.07) is 16.3. The van der Waals surface area contributed by atoms with Crippen molar-refractivity contribution in [1.29, 1.82) is 0 Å². The zero-order valence-corrected chi connectivity index (χ0v) is 12.3. The third-order valence-electron chi connectivity index (χ3n) is 3.78. The Morgan fingerprint density at radius 2 is 2.10 bits per heavy atom. The van der Waals surface area contributed by atoms with E-state index in [0.29, 0.717) is 6.42 Å². The van der Waals surface area contributed by atoms with Gasteiger partial charge in [-0.1, -0.05) is 30.3 Å². The molecule has 0 fully saturated rings. The Labute approximate surface area is 123 Å². The number of benzene rings is 2. The van der Waals surface area contributed by atoms with Crippen molar-refractivity contribution in [3.8, 4) is 5.75 Å². The number of hydrogen-bond acceptors (Lipinski definition) is 3. The molecule has 2 atom stereocenters. The molecule has 3 heteroatoms. The van der Waals surface area contributed by atoms with E-state index in [1.54, 1.807) is 7.11 Å². The van der Waals surface area contributed by atoms with Gasteiger partial charge in [0.2, 0.25) is 0 Å². The van der Waals surface area contributed by atoms with E-state index in [-0.39, 0.29) is 12.0 Å². The van der Waals surface area contributed by atoms with Gasteiger partial charge in [0.25, 0.3) is 0 Å². The van der Waals surface area contributed by atoms with Gasteiger partial charge in [-0.05, 0) is 35.7 Å². The van der Waals surface area contributed by atoms with Crippen LogP contribution in [-0.4, -0.2) is 24.1 Å². The van der Waals surface area contributed by atoms with Crippen LogP contribution in [0.5, 0.6) is 5.75 Å². The van der Waals surface area contributed by atoms with Crippen molar-refractivity contribution in [1.82, 2.24) is 0 Å². The number of fused-ring (bicyclic) bond motifs is 1. The molecule has 2 unspecified atom stereocenters. The van der Waals surface area contributed by atoms with Crippen molar-refractivity contribution in [2.75, 3.05) is 12.9 Å². The molecule has 3 rings (SSSR count). The number of hydrogen-bond donors (Lipinski definition) is 1. The number of aliphatic hydroxyl groups is 1. The molecule has 104 valence electrons. The van der Waals surface area contributed by atoms with E-state index in [1.807, 2.05) is 36.0 Å². The molecule has 0 radical (unpaired) electrons. The third kappa shape index (κ3) is 2.69. The summed E-state index contributed by atoms with van der Waals surface area (Å²) in [6.07, 6.45) is 0.315. The fourth-order valence-electron chi connectivity index (χ4n) is 2.69. The van der Waals surface area contributed by atoms with Crippen LogP contribution < -0.4 is 4.74 Å². The van der Waals surface area contributed by atoms with Crippen LogP contribution in [0, 0.1) is 0 Å². The Bertz CT molecular complexity index is 597. The zero-order valence-electron chi connectivity index (χ0n) is 11.5. The number of ether oxygens (including phenoxy) is 1. The third-order valence-corrected chi connectivity index (χ3v) is 4.99. The zero-order chi connectivity index (χ0) is 13.9. The summed E-state index contributed by atoms with van der Waals surface area (Å²) in [6.45, 7) is 0. The quantitative estimate of drug-likeness (QED) is 0.933. The average Bonchev–Trinajstić information content (AvgIpc) is 2.91. The summed E-state index contributed by atoms with van der Waals surface area (Å²) in [4.78, 5) is 1.31. The standard InChI is InChI=1S/C17H18O2S/c1-19-13-6-4-5-12(9-13)10-16(18)15-11-20-17-8-3-2-7-14(15)17/h2-9,15-16,18H,10-11H2,1H3. The fourth-order valence-corrected chi connectivity index (χ4v) is 4.01. The Hall–Kier alpha value is -1.45. The largest absolute Gasteiger partial charge is 0.497 e. The van der Waals surface area contributed by atoms with Crippen molar-refractivity contribution >= 4 is 11.8 Å². The number of thioether (sulfide) groups is 1. The normalized spacial score (nSPS) is 18.6. The molecule has 0 aromatic heterocycles. The van der Waals surface area contributed by atoms with Gasteiger partial charge in [-0.2, -0.15) is 0 Å². The number of methoxy groups -OCH3 is 1.